The molecule has 0 aliphatic heterocycles. The Morgan fingerprint density at radius 3 is 3.00 bits per heavy atom. The van der Waals surface area contributed by atoms with Crippen molar-refractivity contribution >= 4 is 23.3 Å². The molecule has 1 aliphatic carbocycles. The minimum atomic E-state index is -0.0730. The molecule has 3 nitrogen and oxygen atoms in total. The van der Waals surface area contributed by atoms with Gasteiger partial charge in [0.1, 0.15) is 0 Å². The lowest BCUT2D eigenvalue weighted by Crippen LogP contribution is -2.19. The van der Waals surface area contributed by atoms with E-state index in [1.807, 2.05) is 0 Å². The number of carbonyl (C=O) groups is 2. The van der Waals surface area contributed by atoms with Crippen LogP contribution in [0.4, 0.5) is 0 Å². The van der Waals surface area contributed by atoms with Crippen LogP contribution in [0.25, 0.3) is 0 Å². The van der Waals surface area contributed by atoms with Crippen LogP contribution < -0.4 is 5.32 Å². The Morgan fingerprint density at radius 2 is 2.31 bits per heavy atom. The number of hydrogen-bond donors (Lipinski definition) is 1. The third kappa shape index (κ3) is 1.83. The number of fused-ring (bicyclic) bond motifs is 1. The average molecular weight is 238 g/mol. The van der Waals surface area contributed by atoms with Crippen LogP contribution in [0.15, 0.2) is 18.2 Å². The first kappa shape index (κ1) is 11.1. The van der Waals surface area contributed by atoms with Crippen molar-refractivity contribution in [2.24, 2.45) is 0 Å². The number of Topliss-reactive ketones (excluding diaryl/α,β-unsaturated/α-hetero) is 1. The van der Waals surface area contributed by atoms with Crippen molar-refractivity contribution in [1.29, 1.82) is 0 Å². The molecule has 0 spiro atoms. The monoisotopic (exact) mass is 237 g/mol. The summed E-state index contributed by atoms with van der Waals surface area (Å²) in [6, 6.07) is 5.30. The second kappa shape index (κ2) is 4.26. The zero-order valence-corrected chi connectivity index (χ0v) is 9.67. The normalized spacial score (nSPS) is 18.4. The summed E-state index contributed by atoms with van der Waals surface area (Å²) < 4.78 is 0. The van der Waals surface area contributed by atoms with Gasteiger partial charge < -0.3 is 5.32 Å². The van der Waals surface area contributed by atoms with Crippen LogP contribution in [0, 0.1) is 0 Å². The van der Waals surface area contributed by atoms with Crippen molar-refractivity contribution in [3.63, 3.8) is 0 Å². The Morgan fingerprint density at radius 1 is 1.56 bits per heavy atom. The second-order valence-corrected chi connectivity index (χ2v) is 4.31. The van der Waals surface area contributed by atoms with E-state index in [4.69, 9.17) is 11.6 Å². The first-order valence-electron chi connectivity index (χ1n) is 5.15. The van der Waals surface area contributed by atoms with Gasteiger partial charge in [0.2, 0.25) is 5.91 Å². The van der Waals surface area contributed by atoms with E-state index in [0.29, 0.717) is 23.4 Å². The largest absolute Gasteiger partial charge is 0.359 e. The predicted octanol–water partition coefficient (Wildman–Crippen LogP) is 2.15. The van der Waals surface area contributed by atoms with Crippen LogP contribution in [-0.4, -0.2) is 18.7 Å². The van der Waals surface area contributed by atoms with Gasteiger partial charge in [-0.15, -0.1) is 0 Å². The maximum absolute atomic E-state index is 11.7. The Bertz CT molecular complexity index is 456. The number of hydrogen-bond acceptors (Lipinski definition) is 2. The molecule has 1 atom stereocenters. The fourth-order valence-electron chi connectivity index (χ4n) is 2.13. The van der Waals surface area contributed by atoms with E-state index in [-0.39, 0.29) is 17.6 Å². The number of carbonyl (C=O) groups excluding carboxylic acids is 2. The maximum atomic E-state index is 11.7. The van der Waals surface area contributed by atoms with Gasteiger partial charge in [-0.2, -0.15) is 0 Å². The van der Waals surface area contributed by atoms with Crippen molar-refractivity contribution in [3.8, 4) is 0 Å². The van der Waals surface area contributed by atoms with Crippen LogP contribution in [0.3, 0.4) is 0 Å². The minimum Gasteiger partial charge on any atom is -0.359 e. The van der Waals surface area contributed by atoms with Gasteiger partial charge in [-0.25, -0.2) is 0 Å². The Kier molecular flexibility index (Phi) is 2.97. The summed E-state index contributed by atoms with van der Waals surface area (Å²) in [7, 11) is 1.59. The minimum absolute atomic E-state index is 0.0643. The molecule has 4 heteroatoms. The van der Waals surface area contributed by atoms with Gasteiger partial charge >= 0.3 is 0 Å². The summed E-state index contributed by atoms with van der Waals surface area (Å²) in [5.74, 6) is -0.0619. The number of benzene rings is 1. The highest BCUT2D eigenvalue weighted by Crippen LogP contribution is 2.39. The Balaban J connectivity index is 2.35. The van der Waals surface area contributed by atoms with Crippen LogP contribution in [0.1, 0.15) is 34.7 Å². The van der Waals surface area contributed by atoms with Gasteiger partial charge in [0, 0.05) is 36.4 Å². The number of ketones is 1. The van der Waals surface area contributed by atoms with Gasteiger partial charge in [0.05, 0.1) is 0 Å². The molecule has 0 saturated heterocycles. The molecule has 0 aromatic heterocycles. The number of amides is 1. The molecule has 2 rings (SSSR count). The van der Waals surface area contributed by atoms with Crippen molar-refractivity contribution in [3.05, 3.63) is 34.3 Å². The summed E-state index contributed by atoms with van der Waals surface area (Å²) in [6.07, 6.45) is 0.700. The Hall–Kier alpha value is -1.35. The number of rotatable bonds is 2. The molecule has 0 radical (unpaired) electrons. The molecule has 1 aromatic carbocycles. The molecule has 1 N–H and O–H groups in total. The number of nitrogens with one attached hydrogen (secondary N) is 1. The van der Waals surface area contributed by atoms with Crippen molar-refractivity contribution in [2.45, 2.75) is 18.8 Å². The van der Waals surface area contributed by atoms with Gasteiger partial charge in [-0.1, -0.05) is 23.7 Å². The third-order valence-corrected chi connectivity index (χ3v) is 3.23. The molecule has 1 unspecified atom stereocenters. The van der Waals surface area contributed by atoms with E-state index in [0.717, 1.165) is 5.56 Å². The highest BCUT2D eigenvalue weighted by Gasteiger charge is 2.32. The molecule has 1 aromatic rings. The van der Waals surface area contributed by atoms with E-state index in [1.165, 1.54) is 0 Å². The van der Waals surface area contributed by atoms with E-state index >= 15 is 0 Å². The zero-order chi connectivity index (χ0) is 11.7. The van der Waals surface area contributed by atoms with Gasteiger partial charge in [-0.05, 0) is 11.6 Å². The summed E-state index contributed by atoms with van der Waals surface area (Å²) in [5, 5.41) is 3.14. The summed E-state index contributed by atoms with van der Waals surface area (Å²) >= 11 is 6.07. The molecular formula is C12H12ClNO2. The molecule has 0 saturated carbocycles. The fraction of sp³-hybridized carbons (Fsp3) is 0.333. The highest BCUT2D eigenvalue weighted by atomic mass is 35.5. The van der Waals surface area contributed by atoms with Crippen molar-refractivity contribution in [2.75, 3.05) is 7.05 Å². The standard InChI is InChI=1S/C12H12ClNO2/c1-14-11(16)6-7-5-10(15)8-3-2-4-9(13)12(7)8/h2-4,7H,5-6H2,1H3,(H,14,16). The quantitative estimate of drug-likeness (QED) is 0.857. The second-order valence-electron chi connectivity index (χ2n) is 3.90. The lowest BCUT2D eigenvalue weighted by atomic mass is 9.97. The number of halogens is 1. The van der Waals surface area contributed by atoms with Crippen molar-refractivity contribution < 1.29 is 9.59 Å². The maximum Gasteiger partial charge on any atom is 0.220 e. The molecule has 0 fully saturated rings. The molecule has 1 amide bonds. The molecule has 0 bridgehead atoms. The summed E-state index contributed by atoms with van der Waals surface area (Å²) in [5.41, 5.74) is 1.50. The third-order valence-electron chi connectivity index (χ3n) is 2.90. The average Bonchev–Trinajstić information content (AvgIpc) is 2.57. The highest BCUT2D eigenvalue weighted by molar-refractivity contribution is 6.32. The van der Waals surface area contributed by atoms with Crippen LogP contribution in [-0.2, 0) is 4.79 Å². The SMILES string of the molecule is CNC(=O)CC1CC(=O)c2cccc(Cl)c21. The van der Waals surface area contributed by atoms with Crippen LogP contribution in [0.5, 0.6) is 0 Å². The first-order chi connectivity index (χ1) is 7.63. The van der Waals surface area contributed by atoms with E-state index in [2.05, 4.69) is 5.32 Å². The zero-order valence-electron chi connectivity index (χ0n) is 8.92. The summed E-state index contributed by atoms with van der Waals surface area (Å²) in [6.45, 7) is 0. The van der Waals surface area contributed by atoms with E-state index in [9.17, 15) is 9.59 Å². The topological polar surface area (TPSA) is 46.2 Å². The van der Waals surface area contributed by atoms with E-state index in [1.54, 1.807) is 25.2 Å². The fourth-order valence-corrected chi connectivity index (χ4v) is 2.46. The first-order valence-corrected chi connectivity index (χ1v) is 5.53. The van der Waals surface area contributed by atoms with Gasteiger partial charge in [0.25, 0.3) is 0 Å². The van der Waals surface area contributed by atoms with Crippen molar-refractivity contribution in [1.82, 2.24) is 5.32 Å². The lowest BCUT2D eigenvalue weighted by Gasteiger charge is -2.10. The predicted molar refractivity (Wildman–Crippen MR) is 61.8 cm³/mol. The molecular weight excluding hydrogens is 226 g/mol. The molecule has 16 heavy (non-hydrogen) atoms. The van der Waals surface area contributed by atoms with Crippen LogP contribution in [0.2, 0.25) is 5.02 Å². The smallest absolute Gasteiger partial charge is 0.220 e. The van der Waals surface area contributed by atoms with E-state index < -0.39 is 0 Å². The lowest BCUT2D eigenvalue weighted by molar-refractivity contribution is -0.120. The molecule has 84 valence electrons. The molecule has 0 heterocycles. The Labute approximate surface area is 98.8 Å². The van der Waals surface area contributed by atoms with Gasteiger partial charge in [-0.3, -0.25) is 9.59 Å². The molecule has 1 aliphatic rings. The van der Waals surface area contributed by atoms with Crippen LogP contribution >= 0.6 is 11.6 Å². The van der Waals surface area contributed by atoms with Gasteiger partial charge in [0.15, 0.2) is 5.78 Å². The summed E-state index contributed by atoms with van der Waals surface area (Å²) in [4.78, 5) is 23.0.